The van der Waals surface area contributed by atoms with Gasteiger partial charge in [-0.25, -0.2) is 0 Å². The van der Waals surface area contributed by atoms with Crippen molar-refractivity contribution in [3.8, 4) is 0 Å². The minimum Gasteiger partial charge on any atom is -0.459 e. The van der Waals surface area contributed by atoms with E-state index in [0.29, 0.717) is 23.8 Å². The number of hydrogen-bond acceptors (Lipinski definition) is 7. The van der Waals surface area contributed by atoms with E-state index in [9.17, 15) is 9.90 Å². The Labute approximate surface area is 297 Å². The molecule has 6 saturated carbocycles. The number of ether oxygens (including phenoxy) is 3. The summed E-state index contributed by atoms with van der Waals surface area (Å²) in [6, 6.07) is 0.170. The van der Waals surface area contributed by atoms with E-state index < -0.39 is 11.7 Å². The molecule has 49 heavy (non-hydrogen) atoms. The molecule has 8 aliphatic rings. The molecule has 10 atom stereocenters. The van der Waals surface area contributed by atoms with Crippen molar-refractivity contribution < 1.29 is 24.1 Å². The molecule has 0 amide bonds. The molecular formula is C42H70N2O5. The molecule has 0 aromatic rings. The predicted molar refractivity (Wildman–Crippen MR) is 192 cm³/mol. The Hall–Kier alpha value is -0.730. The number of aliphatic hydroxyl groups excluding tert-OH is 1. The Morgan fingerprint density at radius 2 is 1.65 bits per heavy atom. The first-order chi connectivity index (χ1) is 23.7. The zero-order valence-corrected chi connectivity index (χ0v) is 31.3. The number of piperidine rings is 1. The van der Waals surface area contributed by atoms with Crippen LogP contribution >= 0.6 is 0 Å². The zero-order valence-electron chi connectivity index (χ0n) is 31.3. The number of nitrogens with one attached hydrogen (secondary N) is 1. The molecule has 7 nitrogen and oxygen atoms in total. The summed E-state index contributed by atoms with van der Waals surface area (Å²) in [5.41, 5.74) is -0.888. The first-order valence-electron chi connectivity index (χ1n) is 21.4. The second kappa shape index (κ2) is 14.3. The minimum absolute atomic E-state index is 0.0491. The van der Waals surface area contributed by atoms with E-state index in [-0.39, 0.29) is 41.3 Å². The highest BCUT2D eigenvalue weighted by Gasteiger charge is 2.78. The topological polar surface area (TPSA) is 80.3 Å². The molecule has 7 heteroatoms. The number of esters is 1. The molecule has 8 rings (SSSR count). The number of likely N-dealkylation sites (tertiary alicyclic amines) is 1. The van der Waals surface area contributed by atoms with E-state index >= 15 is 0 Å². The first kappa shape index (κ1) is 35.3. The average molecular weight is 683 g/mol. The van der Waals surface area contributed by atoms with Crippen LogP contribution < -0.4 is 5.32 Å². The van der Waals surface area contributed by atoms with E-state index in [0.717, 1.165) is 69.9 Å². The summed E-state index contributed by atoms with van der Waals surface area (Å²) in [5.74, 6) is 3.12. The van der Waals surface area contributed by atoms with Crippen molar-refractivity contribution in [3.05, 3.63) is 0 Å². The molecule has 2 N–H and O–H groups in total. The van der Waals surface area contributed by atoms with Gasteiger partial charge in [-0.05, 0) is 122 Å². The number of nitrogens with zero attached hydrogens (tertiary/aromatic N) is 1. The maximum absolute atomic E-state index is 14.0. The number of aliphatic hydroxyl groups is 1. The lowest BCUT2D eigenvalue weighted by atomic mass is 9.42. The van der Waals surface area contributed by atoms with Gasteiger partial charge in [0.05, 0.1) is 23.9 Å². The predicted octanol–water partition coefficient (Wildman–Crippen LogP) is 7.56. The van der Waals surface area contributed by atoms with Gasteiger partial charge in [-0.2, -0.15) is 0 Å². The van der Waals surface area contributed by atoms with Gasteiger partial charge in [0.2, 0.25) is 0 Å². The Morgan fingerprint density at radius 1 is 0.918 bits per heavy atom. The third-order valence-electron chi connectivity index (χ3n) is 15.2. The number of carbonyl (C=O) groups excluding carboxylic acids is 1. The molecule has 6 aliphatic carbocycles. The van der Waals surface area contributed by atoms with Gasteiger partial charge in [0.1, 0.15) is 11.6 Å². The molecule has 0 radical (unpaired) electrons. The van der Waals surface area contributed by atoms with E-state index in [4.69, 9.17) is 14.2 Å². The molecule has 2 saturated heterocycles. The number of rotatable bonds is 12. The molecule has 1 spiro atoms. The van der Waals surface area contributed by atoms with Crippen molar-refractivity contribution in [3.63, 3.8) is 0 Å². The molecule has 2 aliphatic heterocycles. The van der Waals surface area contributed by atoms with Crippen LogP contribution in [0.5, 0.6) is 0 Å². The van der Waals surface area contributed by atoms with Crippen molar-refractivity contribution in [2.75, 3.05) is 19.7 Å². The van der Waals surface area contributed by atoms with E-state index in [1.165, 1.54) is 96.4 Å². The van der Waals surface area contributed by atoms with Crippen LogP contribution in [0.15, 0.2) is 0 Å². The lowest BCUT2D eigenvalue weighted by Crippen LogP contribution is -2.79. The molecule has 278 valence electrons. The van der Waals surface area contributed by atoms with Gasteiger partial charge in [-0.1, -0.05) is 64.2 Å². The molecule has 0 aromatic heterocycles. The summed E-state index contributed by atoms with van der Waals surface area (Å²) in [6.45, 7) is 9.17. The van der Waals surface area contributed by atoms with Crippen LogP contribution in [-0.2, 0) is 19.0 Å². The lowest BCUT2D eigenvalue weighted by molar-refractivity contribution is -0.282. The van der Waals surface area contributed by atoms with Gasteiger partial charge in [0.15, 0.2) is 0 Å². The Kier molecular flexibility index (Phi) is 10.3. The fraction of sp³-hybridized carbons (Fsp3) is 0.976. The smallest absolute Gasteiger partial charge is 0.323 e. The van der Waals surface area contributed by atoms with Crippen LogP contribution in [0.4, 0.5) is 0 Å². The molecule has 2 bridgehead atoms. The molecular weight excluding hydrogens is 612 g/mol. The summed E-state index contributed by atoms with van der Waals surface area (Å²) in [7, 11) is 0. The summed E-state index contributed by atoms with van der Waals surface area (Å²) in [5, 5.41) is 15.6. The largest absolute Gasteiger partial charge is 0.459 e. The van der Waals surface area contributed by atoms with Crippen LogP contribution in [0.25, 0.3) is 0 Å². The maximum Gasteiger partial charge on any atom is 0.323 e. The van der Waals surface area contributed by atoms with Crippen LogP contribution in [0.3, 0.4) is 0 Å². The monoisotopic (exact) mass is 683 g/mol. The Balaban J connectivity index is 1.10. The van der Waals surface area contributed by atoms with Gasteiger partial charge in [-0.3, -0.25) is 15.0 Å². The third kappa shape index (κ3) is 6.81. The second-order valence-electron chi connectivity index (χ2n) is 19.5. The van der Waals surface area contributed by atoms with Gasteiger partial charge < -0.3 is 19.3 Å². The summed E-state index contributed by atoms with van der Waals surface area (Å²) >= 11 is 0. The van der Waals surface area contributed by atoms with Crippen molar-refractivity contribution in [1.82, 2.24) is 10.2 Å². The highest BCUT2D eigenvalue weighted by molar-refractivity contribution is 5.76. The van der Waals surface area contributed by atoms with Crippen LogP contribution in [0, 0.1) is 35.0 Å². The number of hydrogen-bond donors (Lipinski definition) is 2. The first-order valence-corrected chi connectivity index (χ1v) is 21.4. The summed E-state index contributed by atoms with van der Waals surface area (Å²) in [6.07, 6.45) is 25.0. The zero-order chi connectivity index (χ0) is 33.8. The number of carbonyl (C=O) groups is 1. The maximum atomic E-state index is 14.0. The van der Waals surface area contributed by atoms with Gasteiger partial charge >= 0.3 is 5.97 Å². The summed E-state index contributed by atoms with van der Waals surface area (Å²) in [4.78, 5) is 16.8. The highest BCUT2D eigenvalue weighted by atomic mass is 16.6. The fourth-order valence-electron chi connectivity index (χ4n) is 13.0. The highest BCUT2D eigenvalue weighted by Crippen LogP contribution is 2.71. The van der Waals surface area contributed by atoms with Gasteiger partial charge in [-0.15, -0.1) is 0 Å². The summed E-state index contributed by atoms with van der Waals surface area (Å²) < 4.78 is 21.0. The van der Waals surface area contributed by atoms with Crippen molar-refractivity contribution >= 4 is 5.97 Å². The standard InChI is InChI=1S/C42H70N2O5/c1-40(2,3)49-39(46)33(25-29-13-8-5-9-14-29)43-32-20-21-42(47-24-10-15-28-11-6-4-7-12-28)35-26-31-18-19-34(45)37-36(31)41(42,38(32)48-37)22-23-44(35)27-30-16-17-30/h28-38,43,45H,4-27H2,1-3H3/t31?,32-,33-,34?,35?,36?,37?,38-,41-,42+/m0/s1. The quantitative estimate of drug-likeness (QED) is 0.162. The SMILES string of the molecule is CC(C)(C)OC(=O)[C@H](CC1CCCCC1)N[C@H]1CC[C@@]2(OCCCC3CCCCC3)C3CC4CCC(O)C5O[C@@H]1[C@]2(CCN3CC1CC1)C45. The van der Waals surface area contributed by atoms with Crippen LogP contribution in [-0.4, -0.2) is 83.3 Å². The molecule has 5 unspecified atom stereocenters. The van der Waals surface area contributed by atoms with Crippen molar-refractivity contribution in [2.24, 2.45) is 35.0 Å². The van der Waals surface area contributed by atoms with E-state index in [1.807, 2.05) is 20.8 Å². The van der Waals surface area contributed by atoms with Crippen LogP contribution in [0.2, 0.25) is 0 Å². The fourth-order valence-corrected chi connectivity index (χ4v) is 13.0. The molecule has 2 heterocycles. The Bertz CT molecular complexity index is 1140. The second-order valence-corrected chi connectivity index (χ2v) is 19.5. The molecule has 8 fully saturated rings. The van der Waals surface area contributed by atoms with Crippen molar-refractivity contribution in [1.29, 1.82) is 0 Å². The average Bonchev–Trinajstić information content (AvgIpc) is 3.83. The van der Waals surface area contributed by atoms with E-state index in [1.54, 1.807) is 0 Å². The van der Waals surface area contributed by atoms with Gasteiger partial charge in [0.25, 0.3) is 0 Å². The lowest BCUT2D eigenvalue weighted by Gasteiger charge is -2.70. The molecule has 0 aromatic carbocycles. The van der Waals surface area contributed by atoms with Crippen LogP contribution in [0.1, 0.15) is 156 Å². The van der Waals surface area contributed by atoms with Crippen molar-refractivity contribution in [2.45, 2.75) is 203 Å². The minimum atomic E-state index is -0.517. The van der Waals surface area contributed by atoms with Gasteiger partial charge in [0, 0.05) is 36.6 Å². The normalized spacial score (nSPS) is 42.1. The van der Waals surface area contributed by atoms with E-state index in [2.05, 4.69) is 10.2 Å². The third-order valence-corrected chi connectivity index (χ3v) is 15.2. The Morgan fingerprint density at radius 3 is 2.37 bits per heavy atom.